The van der Waals surface area contributed by atoms with E-state index in [1.54, 1.807) is 7.11 Å². The zero-order valence-electron chi connectivity index (χ0n) is 22.0. The highest BCUT2D eigenvalue weighted by molar-refractivity contribution is 6.01. The van der Waals surface area contributed by atoms with Crippen molar-refractivity contribution in [1.82, 2.24) is 5.32 Å². The minimum absolute atomic E-state index is 0.0605. The number of ether oxygens (including phenoxy) is 1. The molecular weight excluding hydrogens is 462 g/mol. The van der Waals surface area contributed by atoms with E-state index >= 15 is 0 Å². The van der Waals surface area contributed by atoms with E-state index in [1.165, 1.54) is 0 Å². The number of para-hydroxylation sites is 2. The Morgan fingerprint density at radius 2 is 1.89 bits per heavy atom. The Bertz CT molecular complexity index is 1230. The van der Waals surface area contributed by atoms with Crippen molar-refractivity contribution in [3.05, 3.63) is 77.5 Å². The first-order valence-electron chi connectivity index (χ1n) is 13.3. The molecule has 194 valence electrons. The molecule has 2 aliphatic carbocycles. The van der Waals surface area contributed by atoms with E-state index in [1.807, 2.05) is 36.4 Å². The lowest BCUT2D eigenvalue weighted by molar-refractivity contribution is -0.121. The Labute approximate surface area is 219 Å². The van der Waals surface area contributed by atoms with Crippen LogP contribution >= 0.6 is 0 Å². The molecule has 0 bridgehead atoms. The number of fused-ring (bicyclic) bond motifs is 1. The van der Waals surface area contributed by atoms with Crippen LogP contribution in [0.1, 0.15) is 51.5 Å². The zero-order chi connectivity index (χ0) is 26.0. The number of allylic oxidation sites excluding steroid dienone is 3. The number of methoxy groups -OCH3 is 1. The summed E-state index contributed by atoms with van der Waals surface area (Å²) in [5.41, 5.74) is 4.74. The highest BCUT2D eigenvalue weighted by atomic mass is 16.5. The summed E-state index contributed by atoms with van der Waals surface area (Å²) in [6, 6.07) is 15.7. The van der Waals surface area contributed by atoms with E-state index in [-0.39, 0.29) is 35.6 Å². The van der Waals surface area contributed by atoms with Gasteiger partial charge in [-0.05, 0) is 66.8 Å². The molecule has 0 saturated carbocycles. The molecule has 37 heavy (non-hydrogen) atoms. The Kier molecular flexibility index (Phi) is 7.09. The second kappa shape index (κ2) is 10.4. The fourth-order valence-electron chi connectivity index (χ4n) is 6.02. The van der Waals surface area contributed by atoms with Crippen LogP contribution in [0.3, 0.4) is 0 Å². The van der Waals surface area contributed by atoms with Gasteiger partial charge >= 0.3 is 0 Å². The number of anilines is 2. The van der Waals surface area contributed by atoms with Gasteiger partial charge in [0.05, 0.1) is 31.1 Å². The van der Waals surface area contributed by atoms with Crippen LogP contribution in [0, 0.1) is 11.3 Å². The van der Waals surface area contributed by atoms with Gasteiger partial charge in [-0.1, -0.05) is 50.3 Å². The standard InChI is InChI=1S/C31H37N3O3/c1-31(2)17-25-29(27(35)18-31)30(22-9-5-4-6-10-22)34(26-12-8-7-11-24(26)33-25)20-28(36)32-19-21-13-15-23(37-3)16-14-21/h4-5,7-8,11-16,22,30,33H,6,9-10,17-20H2,1-3H3,(H,32,36)/t22-,30+/m0/s1. The number of amides is 1. The summed E-state index contributed by atoms with van der Waals surface area (Å²) in [5, 5.41) is 6.74. The summed E-state index contributed by atoms with van der Waals surface area (Å²) in [6.45, 7) is 4.95. The molecule has 6 nitrogen and oxygen atoms in total. The van der Waals surface area contributed by atoms with Crippen LogP contribution in [0.2, 0.25) is 0 Å². The predicted octanol–water partition coefficient (Wildman–Crippen LogP) is 5.61. The summed E-state index contributed by atoms with van der Waals surface area (Å²) < 4.78 is 5.24. The number of rotatable bonds is 6. The van der Waals surface area contributed by atoms with Crippen molar-refractivity contribution < 1.29 is 14.3 Å². The van der Waals surface area contributed by atoms with Crippen molar-refractivity contribution in [3.63, 3.8) is 0 Å². The largest absolute Gasteiger partial charge is 0.497 e. The van der Waals surface area contributed by atoms with Crippen LogP contribution in [-0.4, -0.2) is 31.4 Å². The fraction of sp³-hybridized carbons (Fsp3) is 0.419. The van der Waals surface area contributed by atoms with Gasteiger partial charge in [0.2, 0.25) is 5.91 Å². The maximum Gasteiger partial charge on any atom is 0.239 e. The lowest BCUT2D eigenvalue weighted by atomic mass is 9.71. The fourth-order valence-corrected chi connectivity index (χ4v) is 6.02. The van der Waals surface area contributed by atoms with E-state index in [2.05, 4.69) is 53.7 Å². The quantitative estimate of drug-likeness (QED) is 0.506. The van der Waals surface area contributed by atoms with E-state index in [9.17, 15) is 9.59 Å². The Balaban J connectivity index is 1.48. The zero-order valence-corrected chi connectivity index (χ0v) is 22.0. The normalized spacial score (nSPS) is 22.5. The SMILES string of the molecule is COc1ccc(CNC(=O)CN2c3ccccc3NC3=C(C(=O)CC(C)(C)C3)[C@H]2[C@H]2CC=CCC2)cc1. The first-order chi connectivity index (χ1) is 17.8. The number of Topliss-reactive ketones (excluding diaryl/α,β-unsaturated/α-hetero) is 1. The van der Waals surface area contributed by atoms with Crippen molar-refractivity contribution >= 4 is 23.1 Å². The van der Waals surface area contributed by atoms with E-state index in [0.29, 0.717) is 13.0 Å². The molecule has 2 aromatic carbocycles. The molecule has 0 spiro atoms. The van der Waals surface area contributed by atoms with Crippen molar-refractivity contribution in [2.24, 2.45) is 11.3 Å². The van der Waals surface area contributed by atoms with Gasteiger partial charge in [0.1, 0.15) is 5.75 Å². The average Bonchev–Trinajstić information content (AvgIpc) is 3.02. The predicted molar refractivity (Wildman–Crippen MR) is 148 cm³/mol. The molecule has 0 radical (unpaired) electrons. The number of carbonyl (C=O) groups is 2. The molecule has 2 N–H and O–H groups in total. The lowest BCUT2D eigenvalue weighted by Gasteiger charge is -2.41. The average molecular weight is 500 g/mol. The number of carbonyl (C=O) groups excluding carboxylic acids is 2. The third kappa shape index (κ3) is 5.43. The van der Waals surface area contributed by atoms with E-state index < -0.39 is 0 Å². The van der Waals surface area contributed by atoms with Crippen LogP contribution in [-0.2, 0) is 16.1 Å². The molecule has 5 rings (SSSR count). The molecule has 1 amide bonds. The molecule has 0 unspecified atom stereocenters. The van der Waals surface area contributed by atoms with Gasteiger partial charge in [0.25, 0.3) is 0 Å². The number of benzene rings is 2. The van der Waals surface area contributed by atoms with Crippen LogP contribution in [0.15, 0.2) is 72.0 Å². The van der Waals surface area contributed by atoms with E-state index in [0.717, 1.165) is 59.6 Å². The summed E-state index contributed by atoms with van der Waals surface area (Å²) >= 11 is 0. The smallest absolute Gasteiger partial charge is 0.239 e. The molecule has 0 saturated heterocycles. The molecule has 6 heteroatoms. The van der Waals surface area contributed by atoms with Gasteiger partial charge in [0, 0.05) is 24.2 Å². The lowest BCUT2D eigenvalue weighted by Crippen LogP contribution is -2.49. The minimum Gasteiger partial charge on any atom is -0.497 e. The van der Waals surface area contributed by atoms with Crippen molar-refractivity contribution in [1.29, 1.82) is 0 Å². The summed E-state index contributed by atoms with van der Waals surface area (Å²) in [6.07, 6.45) is 8.71. The molecule has 1 heterocycles. The topological polar surface area (TPSA) is 70.7 Å². The highest BCUT2D eigenvalue weighted by Gasteiger charge is 2.43. The van der Waals surface area contributed by atoms with Crippen molar-refractivity contribution in [2.45, 2.75) is 58.5 Å². The van der Waals surface area contributed by atoms with Gasteiger partial charge in [-0.2, -0.15) is 0 Å². The number of ketones is 1. The first kappa shape index (κ1) is 25.1. The monoisotopic (exact) mass is 499 g/mol. The Morgan fingerprint density at radius 1 is 1.11 bits per heavy atom. The maximum absolute atomic E-state index is 13.7. The summed E-state index contributed by atoms with van der Waals surface area (Å²) in [4.78, 5) is 29.3. The van der Waals surface area contributed by atoms with Crippen LogP contribution in [0.25, 0.3) is 0 Å². The van der Waals surface area contributed by atoms with Gasteiger partial charge in [-0.15, -0.1) is 0 Å². The van der Waals surface area contributed by atoms with Gasteiger partial charge < -0.3 is 20.3 Å². The van der Waals surface area contributed by atoms with Crippen LogP contribution in [0.4, 0.5) is 11.4 Å². The Hall–Kier alpha value is -3.54. The summed E-state index contributed by atoms with van der Waals surface area (Å²) in [7, 11) is 1.64. The van der Waals surface area contributed by atoms with Crippen molar-refractivity contribution in [2.75, 3.05) is 23.9 Å². The van der Waals surface area contributed by atoms with Crippen LogP contribution in [0.5, 0.6) is 5.75 Å². The molecule has 2 aromatic rings. The highest BCUT2D eigenvalue weighted by Crippen LogP contribution is 2.46. The maximum atomic E-state index is 13.7. The first-order valence-corrected chi connectivity index (χ1v) is 13.3. The summed E-state index contributed by atoms with van der Waals surface area (Å²) in [5.74, 6) is 1.20. The van der Waals surface area contributed by atoms with Gasteiger partial charge in [-0.25, -0.2) is 0 Å². The Morgan fingerprint density at radius 3 is 2.62 bits per heavy atom. The molecule has 3 aliphatic rings. The third-order valence-electron chi connectivity index (χ3n) is 7.77. The molecule has 1 aliphatic heterocycles. The third-order valence-corrected chi connectivity index (χ3v) is 7.77. The number of nitrogens with zero attached hydrogens (tertiary/aromatic N) is 1. The second-order valence-corrected chi connectivity index (χ2v) is 11.2. The molecule has 2 atom stereocenters. The van der Waals surface area contributed by atoms with Crippen LogP contribution < -0.4 is 20.3 Å². The van der Waals surface area contributed by atoms with Crippen molar-refractivity contribution in [3.8, 4) is 5.75 Å². The van der Waals surface area contributed by atoms with E-state index in [4.69, 9.17) is 4.74 Å². The van der Waals surface area contributed by atoms with Gasteiger partial charge in [-0.3, -0.25) is 9.59 Å². The molecule has 0 aromatic heterocycles. The minimum atomic E-state index is -0.147. The van der Waals surface area contributed by atoms with Gasteiger partial charge in [0.15, 0.2) is 5.78 Å². The molecular formula is C31H37N3O3. The number of hydrogen-bond donors (Lipinski definition) is 2. The number of hydrogen-bond acceptors (Lipinski definition) is 5. The number of nitrogens with one attached hydrogen (secondary N) is 2. The second-order valence-electron chi connectivity index (χ2n) is 11.2. The molecule has 0 fully saturated rings.